The lowest BCUT2D eigenvalue weighted by molar-refractivity contribution is 0.226. The second kappa shape index (κ2) is 7.42. The van der Waals surface area contributed by atoms with Gasteiger partial charge in [-0.15, -0.1) is 0 Å². The topological polar surface area (TPSA) is 39.1 Å². The van der Waals surface area contributed by atoms with Crippen molar-refractivity contribution >= 4 is 0 Å². The molecule has 0 aromatic heterocycles. The Morgan fingerprint density at radius 2 is 2.25 bits per heavy atom. The third-order valence-electron chi connectivity index (χ3n) is 4.20. The maximum absolute atomic E-state index is 8.93. The highest BCUT2D eigenvalue weighted by molar-refractivity contribution is 5.37. The van der Waals surface area contributed by atoms with E-state index in [-0.39, 0.29) is 0 Å². The smallest absolute Gasteiger partial charge is 0.0991 e. The molecule has 1 aromatic carbocycles. The van der Waals surface area contributed by atoms with Crippen LogP contribution < -0.4 is 5.32 Å². The minimum atomic E-state index is 0.641. The minimum Gasteiger partial charge on any atom is -0.313 e. The van der Waals surface area contributed by atoms with Crippen molar-refractivity contribution in [2.24, 2.45) is 0 Å². The highest BCUT2D eigenvalue weighted by Gasteiger charge is 2.16. The molecule has 1 heterocycles. The lowest BCUT2D eigenvalue weighted by Crippen LogP contribution is -2.43. The zero-order valence-electron chi connectivity index (χ0n) is 12.7. The molecule has 1 unspecified atom stereocenters. The first kappa shape index (κ1) is 15.0. The van der Waals surface area contributed by atoms with Crippen molar-refractivity contribution in [3.63, 3.8) is 0 Å². The van der Waals surface area contributed by atoms with Gasteiger partial charge in [0.15, 0.2) is 0 Å². The van der Waals surface area contributed by atoms with Gasteiger partial charge in [0.1, 0.15) is 0 Å². The summed E-state index contributed by atoms with van der Waals surface area (Å²) < 4.78 is 0. The summed E-state index contributed by atoms with van der Waals surface area (Å²) in [6, 6.07) is 8.86. The van der Waals surface area contributed by atoms with Crippen LogP contribution in [0.25, 0.3) is 0 Å². The average molecular weight is 271 g/mol. The van der Waals surface area contributed by atoms with Gasteiger partial charge in [0.25, 0.3) is 0 Å². The lowest BCUT2D eigenvalue weighted by atomic mass is 10.0. The van der Waals surface area contributed by atoms with E-state index in [1.165, 1.54) is 30.4 Å². The van der Waals surface area contributed by atoms with Crippen LogP contribution in [0, 0.1) is 18.3 Å². The molecule has 2 rings (SSSR count). The molecular formula is C17H25N3. The number of aryl methyl sites for hydroxylation is 1. The summed E-state index contributed by atoms with van der Waals surface area (Å²) in [6.07, 6.45) is 3.96. The first-order chi connectivity index (χ1) is 9.72. The Balaban J connectivity index is 1.97. The minimum absolute atomic E-state index is 0.641. The number of nitrogens with one attached hydrogen (secondary N) is 1. The van der Waals surface area contributed by atoms with Gasteiger partial charge in [-0.3, -0.25) is 4.90 Å². The second-order valence-electron chi connectivity index (χ2n) is 5.73. The first-order valence-electron chi connectivity index (χ1n) is 7.68. The van der Waals surface area contributed by atoms with Crippen LogP contribution in [0.1, 0.15) is 42.9 Å². The van der Waals surface area contributed by atoms with Gasteiger partial charge in [0, 0.05) is 19.1 Å². The van der Waals surface area contributed by atoms with Crippen LogP contribution in [0.15, 0.2) is 18.2 Å². The van der Waals surface area contributed by atoms with Crippen LogP contribution in [-0.4, -0.2) is 30.6 Å². The molecule has 3 nitrogen and oxygen atoms in total. The average Bonchev–Trinajstić information content (AvgIpc) is 2.49. The molecule has 0 spiro atoms. The van der Waals surface area contributed by atoms with E-state index in [0.29, 0.717) is 6.04 Å². The fourth-order valence-electron chi connectivity index (χ4n) is 2.88. The lowest BCUT2D eigenvalue weighted by Gasteiger charge is -2.30. The predicted octanol–water partition coefficient (Wildman–Crippen LogP) is 2.83. The van der Waals surface area contributed by atoms with Crippen molar-refractivity contribution < 1.29 is 0 Å². The van der Waals surface area contributed by atoms with Crippen LogP contribution in [0.5, 0.6) is 0 Å². The third kappa shape index (κ3) is 4.06. The highest BCUT2D eigenvalue weighted by Crippen LogP contribution is 2.15. The summed E-state index contributed by atoms with van der Waals surface area (Å²) in [5, 5.41) is 12.5. The maximum Gasteiger partial charge on any atom is 0.0991 e. The van der Waals surface area contributed by atoms with Gasteiger partial charge in [-0.25, -0.2) is 0 Å². The van der Waals surface area contributed by atoms with Crippen molar-refractivity contribution in [3.05, 3.63) is 34.9 Å². The monoisotopic (exact) mass is 271 g/mol. The van der Waals surface area contributed by atoms with Gasteiger partial charge in [-0.1, -0.05) is 19.4 Å². The molecular weight excluding hydrogens is 246 g/mol. The van der Waals surface area contributed by atoms with Crippen LogP contribution in [-0.2, 0) is 6.54 Å². The van der Waals surface area contributed by atoms with E-state index in [4.69, 9.17) is 5.26 Å². The number of likely N-dealkylation sites (N-methyl/N-ethyl adjacent to an activating group) is 1. The van der Waals surface area contributed by atoms with Gasteiger partial charge in [-0.05, 0) is 56.1 Å². The molecule has 0 amide bonds. The highest BCUT2D eigenvalue weighted by atomic mass is 15.1. The molecule has 1 N–H and O–H groups in total. The number of nitrogens with zero attached hydrogens (tertiary/aromatic N) is 2. The molecule has 3 heteroatoms. The molecule has 1 aromatic rings. The summed E-state index contributed by atoms with van der Waals surface area (Å²) >= 11 is 0. The zero-order valence-corrected chi connectivity index (χ0v) is 12.7. The molecule has 1 saturated heterocycles. The fourth-order valence-corrected chi connectivity index (χ4v) is 2.88. The molecule has 1 atom stereocenters. The van der Waals surface area contributed by atoms with Gasteiger partial charge in [0.05, 0.1) is 11.6 Å². The van der Waals surface area contributed by atoms with Gasteiger partial charge >= 0.3 is 0 Å². The van der Waals surface area contributed by atoms with Crippen molar-refractivity contribution in [1.82, 2.24) is 10.2 Å². The summed E-state index contributed by atoms with van der Waals surface area (Å²) in [6.45, 7) is 8.66. The summed E-state index contributed by atoms with van der Waals surface area (Å²) in [5.74, 6) is 0. The van der Waals surface area contributed by atoms with Crippen molar-refractivity contribution in [1.29, 1.82) is 5.26 Å². The Kier molecular flexibility index (Phi) is 5.58. The van der Waals surface area contributed by atoms with Crippen LogP contribution in [0.4, 0.5) is 0 Å². The Morgan fingerprint density at radius 3 is 2.85 bits per heavy atom. The van der Waals surface area contributed by atoms with E-state index in [0.717, 1.165) is 31.7 Å². The van der Waals surface area contributed by atoms with Gasteiger partial charge in [-0.2, -0.15) is 5.26 Å². The molecule has 1 fully saturated rings. The Bertz CT molecular complexity index is 470. The van der Waals surface area contributed by atoms with Crippen molar-refractivity contribution in [2.45, 2.75) is 45.7 Å². The molecule has 0 aliphatic carbocycles. The fraction of sp³-hybridized carbons (Fsp3) is 0.588. The number of benzene rings is 1. The number of hydrogen-bond donors (Lipinski definition) is 1. The summed E-state index contributed by atoms with van der Waals surface area (Å²) in [5.41, 5.74) is 3.31. The summed E-state index contributed by atoms with van der Waals surface area (Å²) in [4.78, 5) is 2.50. The standard InChI is InChI=1S/C17H25N3/c1-3-20(13-17-6-4-5-9-19-17)12-16-8-7-15(11-18)10-14(16)2/h7-8,10,17,19H,3-6,9,12-13H2,1-2H3. The molecule has 1 aliphatic heterocycles. The van der Waals surface area contributed by atoms with Crippen LogP contribution in [0.2, 0.25) is 0 Å². The van der Waals surface area contributed by atoms with E-state index in [1.807, 2.05) is 12.1 Å². The largest absolute Gasteiger partial charge is 0.313 e. The quantitative estimate of drug-likeness (QED) is 0.895. The Morgan fingerprint density at radius 1 is 1.40 bits per heavy atom. The van der Waals surface area contributed by atoms with E-state index < -0.39 is 0 Å². The molecule has 0 saturated carbocycles. The number of piperidine rings is 1. The van der Waals surface area contributed by atoms with Crippen molar-refractivity contribution in [3.8, 4) is 6.07 Å². The van der Waals surface area contributed by atoms with Crippen LogP contribution >= 0.6 is 0 Å². The predicted molar refractivity (Wildman–Crippen MR) is 82.5 cm³/mol. The maximum atomic E-state index is 8.93. The number of nitriles is 1. The van der Waals surface area contributed by atoms with E-state index >= 15 is 0 Å². The van der Waals surface area contributed by atoms with E-state index in [1.54, 1.807) is 0 Å². The number of rotatable bonds is 5. The summed E-state index contributed by atoms with van der Waals surface area (Å²) in [7, 11) is 0. The number of hydrogen-bond acceptors (Lipinski definition) is 3. The molecule has 1 aliphatic rings. The first-order valence-corrected chi connectivity index (χ1v) is 7.68. The van der Waals surface area contributed by atoms with E-state index in [9.17, 15) is 0 Å². The normalized spacial score (nSPS) is 19.0. The van der Waals surface area contributed by atoms with Crippen molar-refractivity contribution in [2.75, 3.05) is 19.6 Å². The molecule has 0 bridgehead atoms. The van der Waals surface area contributed by atoms with Crippen LogP contribution in [0.3, 0.4) is 0 Å². The third-order valence-corrected chi connectivity index (χ3v) is 4.20. The molecule has 0 radical (unpaired) electrons. The van der Waals surface area contributed by atoms with Gasteiger partial charge in [0.2, 0.25) is 0 Å². The molecule has 20 heavy (non-hydrogen) atoms. The zero-order chi connectivity index (χ0) is 14.4. The van der Waals surface area contributed by atoms with E-state index in [2.05, 4.69) is 36.2 Å². The molecule has 108 valence electrons. The Labute approximate surface area is 122 Å². The SMILES string of the molecule is CCN(Cc1ccc(C#N)cc1C)CC1CCCCN1. The second-order valence-corrected chi connectivity index (χ2v) is 5.73. The van der Waals surface area contributed by atoms with Gasteiger partial charge < -0.3 is 5.32 Å². The Hall–Kier alpha value is -1.37.